The zero-order chi connectivity index (χ0) is 12.5. The van der Waals surface area contributed by atoms with Crippen LogP contribution < -0.4 is 0 Å². The van der Waals surface area contributed by atoms with Crippen molar-refractivity contribution in [3.05, 3.63) is 29.8 Å². The van der Waals surface area contributed by atoms with E-state index in [0.717, 1.165) is 5.56 Å². The minimum absolute atomic E-state index is 0.154. The molecule has 1 saturated heterocycles. The van der Waals surface area contributed by atoms with Gasteiger partial charge in [-0.15, -0.1) is 0 Å². The number of benzene rings is 1. The van der Waals surface area contributed by atoms with Crippen LogP contribution in [0.5, 0.6) is 0 Å². The van der Waals surface area contributed by atoms with Gasteiger partial charge in [0.1, 0.15) is 17.6 Å². The van der Waals surface area contributed by atoms with Crippen molar-refractivity contribution in [1.29, 1.82) is 0 Å². The molecule has 0 amide bonds. The zero-order valence-electron chi connectivity index (χ0n) is 9.46. The van der Waals surface area contributed by atoms with E-state index in [1.54, 1.807) is 12.1 Å². The van der Waals surface area contributed by atoms with Crippen molar-refractivity contribution in [2.45, 2.75) is 24.3 Å². The molecule has 4 nitrogen and oxygen atoms in total. The third kappa shape index (κ3) is 3.22. The van der Waals surface area contributed by atoms with E-state index >= 15 is 0 Å². The van der Waals surface area contributed by atoms with Gasteiger partial charge in [0.25, 0.3) is 10.1 Å². The molecule has 0 saturated carbocycles. The van der Waals surface area contributed by atoms with Gasteiger partial charge < -0.3 is 4.55 Å². The standard InChI is InChI=1S/C11H14O4S2/c1-9-2-4-11(5-3-9)17(13,14)15-10-6-7-16(12)8-10/h2-5,10H,6-8H2,1H3/t10-,16-/m1/s1. The minimum Gasteiger partial charge on any atom is -0.616 e. The molecule has 1 fully saturated rings. The van der Waals surface area contributed by atoms with Crippen molar-refractivity contribution < 1.29 is 17.2 Å². The highest BCUT2D eigenvalue weighted by Crippen LogP contribution is 2.21. The van der Waals surface area contributed by atoms with Crippen LogP contribution >= 0.6 is 0 Å². The second kappa shape index (κ2) is 4.97. The summed E-state index contributed by atoms with van der Waals surface area (Å²) in [7, 11) is -3.72. The first-order valence-electron chi connectivity index (χ1n) is 5.32. The maximum absolute atomic E-state index is 11.9. The molecular formula is C11H14O4S2. The molecule has 17 heavy (non-hydrogen) atoms. The van der Waals surface area contributed by atoms with Crippen molar-refractivity contribution in [3.63, 3.8) is 0 Å². The Labute approximate surface area is 104 Å². The van der Waals surface area contributed by atoms with E-state index in [-0.39, 0.29) is 4.90 Å². The number of aryl methyl sites for hydroxylation is 1. The molecule has 1 aromatic carbocycles. The van der Waals surface area contributed by atoms with Crippen LogP contribution in [0.15, 0.2) is 29.2 Å². The van der Waals surface area contributed by atoms with Gasteiger partial charge in [-0.05, 0) is 19.1 Å². The van der Waals surface area contributed by atoms with Crippen LogP contribution in [0.25, 0.3) is 0 Å². The van der Waals surface area contributed by atoms with E-state index in [9.17, 15) is 13.0 Å². The highest BCUT2D eigenvalue weighted by Gasteiger charge is 2.31. The van der Waals surface area contributed by atoms with E-state index in [1.807, 2.05) is 6.92 Å². The molecule has 1 heterocycles. The van der Waals surface area contributed by atoms with Crippen molar-refractivity contribution in [3.8, 4) is 0 Å². The highest BCUT2D eigenvalue weighted by molar-refractivity contribution is 7.91. The van der Waals surface area contributed by atoms with Crippen molar-refractivity contribution >= 4 is 21.3 Å². The number of rotatable bonds is 3. The smallest absolute Gasteiger partial charge is 0.297 e. The predicted molar refractivity (Wildman–Crippen MR) is 65.7 cm³/mol. The fraction of sp³-hybridized carbons (Fsp3) is 0.455. The Bertz CT molecular complexity index is 481. The summed E-state index contributed by atoms with van der Waals surface area (Å²) in [6, 6.07) is 6.50. The Morgan fingerprint density at radius 3 is 2.53 bits per heavy atom. The van der Waals surface area contributed by atoms with Crippen LogP contribution in [0.4, 0.5) is 0 Å². The maximum Gasteiger partial charge on any atom is 0.297 e. The average Bonchev–Trinajstić information content (AvgIpc) is 2.63. The molecule has 1 aliphatic rings. The van der Waals surface area contributed by atoms with Gasteiger partial charge in [0.15, 0.2) is 0 Å². The predicted octanol–water partition coefficient (Wildman–Crippen LogP) is 1.22. The summed E-state index contributed by atoms with van der Waals surface area (Å²) in [5.41, 5.74) is 0.992. The van der Waals surface area contributed by atoms with Gasteiger partial charge in [-0.2, -0.15) is 8.42 Å². The molecule has 94 valence electrons. The molecule has 2 rings (SSSR count). The topological polar surface area (TPSA) is 66.4 Å². The molecule has 0 aromatic heterocycles. The Morgan fingerprint density at radius 2 is 2.00 bits per heavy atom. The van der Waals surface area contributed by atoms with Gasteiger partial charge in [0.2, 0.25) is 0 Å². The second-order valence-electron chi connectivity index (χ2n) is 4.08. The lowest BCUT2D eigenvalue weighted by molar-refractivity contribution is 0.236. The lowest BCUT2D eigenvalue weighted by Crippen LogP contribution is -2.19. The summed E-state index contributed by atoms with van der Waals surface area (Å²) < 4.78 is 40.0. The molecule has 0 spiro atoms. The number of hydrogen-bond donors (Lipinski definition) is 0. The van der Waals surface area contributed by atoms with Gasteiger partial charge in [-0.25, -0.2) is 0 Å². The van der Waals surface area contributed by atoms with Crippen molar-refractivity contribution in [2.24, 2.45) is 0 Å². The summed E-state index contributed by atoms with van der Waals surface area (Å²) >= 11 is -0.937. The highest BCUT2D eigenvalue weighted by atomic mass is 32.2. The first kappa shape index (κ1) is 12.9. The summed E-state index contributed by atoms with van der Waals surface area (Å²) in [4.78, 5) is 0.154. The Morgan fingerprint density at radius 1 is 1.35 bits per heavy atom. The van der Waals surface area contributed by atoms with Crippen LogP contribution in [0.1, 0.15) is 12.0 Å². The van der Waals surface area contributed by atoms with Gasteiger partial charge in [0.05, 0.1) is 4.90 Å². The fourth-order valence-corrected chi connectivity index (χ4v) is 4.18. The second-order valence-corrected chi connectivity index (χ2v) is 7.28. The molecule has 0 aliphatic carbocycles. The van der Waals surface area contributed by atoms with Gasteiger partial charge in [0, 0.05) is 6.42 Å². The fourth-order valence-electron chi connectivity index (χ4n) is 1.65. The third-order valence-electron chi connectivity index (χ3n) is 2.61. The summed E-state index contributed by atoms with van der Waals surface area (Å²) in [6.07, 6.45) is 0.0969. The first-order chi connectivity index (χ1) is 7.97. The lowest BCUT2D eigenvalue weighted by Gasteiger charge is -2.09. The molecule has 6 heteroatoms. The molecule has 0 radical (unpaired) electrons. The van der Waals surface area contributed by atoms with Crippen molar-refractivity contribution in [2.75, 3.05) is 11.5 Å². The normalized spacial score (nSPS) is 25.1. The summed E-state index contributed by atoms with van der Waals surface area (Å²) in [5, 5.41) is 0. The van der Waals surface area contributed by atoms with Crippen LogP contribution in [0, 0.1) is 6.92 Å². The van der Waals surface area contributed by atoms with Crippen LogP contribution in [0.2, 0.25) is 0 Å². The van der Waals surface area contributed by atoms with E-state index in [4.69, 9.17) is 4.18 Å². The minimum atomic E-state index is -3.72. The van der Waals surface area contributed by atoms with E-state index in [1.165, 1.54) is 12.1 Å². The summed E-state index contributed by atoms with van der Waals surface area (Å²) in [5.74, 6) is 0.833. The van der Waals surface area contributed by atoms with Crippen LogP contribution in [0.3, 0.4) is 0 Å². The quantitative estimate of drug-likeness (QED) is 0.614. The average molecular weight is 274 g/mol. The first-order valence-corrected chi connectivity index (χ1v) is 8.22. The van der Waals surface area contributed by atoms with Crippen LogP contribution in [-0.2, 0) is 25.5 Å². The molecule has 0 bridgehead atoms. The Kier molecular flexibility index (Phi) is 3.77. The number of hydrogen-bond acceptors (Lipinski definition) is 4. The Hall–Kier alpha value is -0.560. The van der Waals surface area contributed by atoms with Crippen molar-refractivity contribution in [1.82, 2.24) is 0 Å². The zero-order valence-corrected chi connectivity index (χ0v) is 11.1. The van der Waals surface area contributed by atoms with E-state index < -0.39 is 27.4 Å². The third-order valence-corrected chi connectivity index (χ3v) is 5.42. The summed E-state index contributed by atoms with van der Waals surface area (Å²) in [6.45, 7) is 1.89. The maximum atomic E-state index is 11.9. The lowest BCUT2D eigenvalue weighted by atomic mass is 10.2. The molecule has 2 atom stereocenters. The van der Waals surface area contributed by atoms with E-state index in [0.29, 0.717) is 17.9 Å². The Balaban J connectivity index is 2.11. The van der Waals surface area contributed by atoms with E-state index in [2.05, 4.69) is 0 Å². The molecule has 1 aliphatic heterocycles. The van der Waals surface area contributed by atoms with Gasteiger partial charge in [-0.3, -0.25) is 4.18 Å². The SMILES string of the molecule is Cc1ccc(S(=O)(=O)O[C@@H]2CC[S@@+]([O-])C2)cc1. The van der Waals surface area contributed by atoms with Gasteiger partial charge in [-0.1, -0.05) is 28.9 Å². The molecule has 1 aromatic rings. The van der Waals surface area contributed by atoms with Crippen LogP contribution in [-0.4, -0.2) is 30.6 Å². The monoisotopic (exact) mass is 274 g/mol. The molecule has 0 N–H and O–H groups in total. The van der Waals surface area contributed by atoms with Gasteiger partial charge >= 0.3 is 0 Å². The largest absolute Gasteiger partial charge is 0.616 e. The molecule has 0 unspecified atom stereocenters. The molecular weight excluding hydrogens is 260 g/mol.